The van der Waals surface area contributed by atoms with E-state index in [4.69, 9.17) is 5.26 Å². The summed E-state index contributed by atoms with van der Waals surface area (Å²) >= 11 is 0. The number of benzene rings is 1. The third-order valence-corrected chi connectivity index (χ3v) is 3.43. The van der Waals surface area contributed by atoms with Gasteiger partial charge >= 0.3 is 0 Å². The van der Waals surface area contributed by atoms with Gasteiger partial charge in [-0.3, -0.25) is 0 Å². The number of hydrogen-bond acceptors (Lipinski definition) is 2. The van der Waals surface area contributed by atoms with Gasteiger partial charge in [0.05, 0.1) is 11.6 Å². The molecule has 2 nitrogen and oxygen atoms in total. The zero-order chi connectivity index (χ0) is 12.3. The molecule has 1 fully saturated rings. The van der Waals surface area contributed by atoms with Crippen LogP contribution < -0.4 is 5.32 Å². The Morgan fingerprint density at radius 1 is 1.41 bits per heavy atom. The molecule has 1 aliphatic carbocycles. The summed E-state index contributed by atoms with van der Waals surface area (Å²) in [5.41, 5.74) is 1.50. The molecule has 0 spiro atoms. The predicted octanol–water partition coefficient (Wildman–Crippen LogP) is 3.69. The topological polar surface area (TPSA) is 35.8 Å². The number of anilines is 1. The van der Waals surface area contributed by atoms with E-state index in [9.17, 15) is 4.39 Å². The fourth-order valence-corrected chi connectivity index (χ4v) is 2.27. The van der Waals surface area contributed by atoms with E-state index in [1.807, 2.05) is 6.07 Å². The lowest BCUT2D eigenvalue weighted by Crippen LogP contribution is -2.15. The van der Waals surface area contributed by atoms with Crippen LogP contribution in [0.1, 0.15) is 38.2 Å². The molecule has 0 heterocycles. The van der Waals surface area contributed by atoms with Gasteiger partial charge in [-0.05, 0) is 42.9 Å². The van der Waals surface area contributed by atoms with Crippen LogP contribution in [-0.2, 0) is 0 Å². The lowest BCUT2D eigenvalue weighted by Gasteiger charge is -2.16. The first kappa shape index (κ1) is 11.9. The average molecular weight is 232 g/mol. The minimum Gasteiger partial charge on any atom is -0.384 e. The van der Waals surface area contributed by atoms with Crippen LogP contribution in [0.5, 0.6) is 0 Å². The highest BCUT2D eigenvalue weighted by Gasteiger charge is 2.40. The second kappa shape index (κ2) is 4.75. The molecular weight excluding hydrogens is 215 g/mol. The van der Waals surface area contributed by atoms with Gasteiger partial charge in [0.1, 0.15) is 5.82 Å². The van der Waals surface area contributed by atoms with E-state index in [0.29, 0.717) is 16.7 Å². The maximum Gasteiger partial charge on any atom is 0.126 e. The zero-order valence-electron chi connectivity index (χ0n) is 10.1. The second-order valence-electron chi connectivity index (χ2n) is 4.94. The Hall–Kier alpha value is -1.56. The third kappa shape index (κ3) is 2.97. The molecule has 17 heavy (non-hydrogen) atoms. The van der Waals surface area contributed by atoms with Gasteiger partial charge in [0.25, 0.3) is 0 Å². The van der Waals surface area contributed by atoms with Crippen molar-refractivity contribution in [3.63, 3.8) is 0 Å². The lowest BCUT2D eigenvalue weighted by molar-refractivity contribution is 0.485. The van der Waals surface area contributed by atoms with Crippen LogP contribution in [0.4, 0.5) is 10.1 Å². The molecule has 0 aromatic heterocycles. The molecule has 0 radical (unpaired) electrons. The van der Waals surface area contributed by atoms with Crippen LogP contribution in [0.3, 0.4) is 0 Å². The largest absolute Gasteiger partial charge is 0.384 e. The Morgan fingerprint density at radius 2 is 2.18 bits per heavy atom. The number of nitrogens with zero attached hydrogens (tertiary/aromatic N) is 1. The highest BCUT2D eigenvalue weighted by Crippen LogP contribution is 2.49. The Labute approximate surface area is 101 Å². The van der Waals surface area contributed by atoms with Gasteiger partial charge in [0.15, 0.2) is 0 Å². The summed E-state index contributed by atoms with van der Waals surface area (Å²) in [6.07, 6.45) is 4.93. The van der Waals surface area contributed by atoms with E-state index in [0.717, 1.165) is 6.54 Å². The molecule has 1 N–H and O–H groups in total. The van der Waals surface area contributed by atoms with Crippen molar-refractivity contribution in [1.82, 2.24) is 0 Å². The number of hydrogen-bond donors (Lipinski definition) is 1. The maximum absolute atomic E-state index is 13.2. The first-order chi connectivity index (χ1) is 8.17. The highest BCUT2D eigenvalue weighted by molar-refractivity contribution is 5.50. The third-order valence-electron chi connectivity index (χ3n) is 3.43. The van der Waals surface area contributed by atoms with E-state index in [1.165, 1.54) is 37.8 Å². The van der Waals surface area contributed by atoms with E-state index in [2.05, 4.69) is 12.2 Å². The van der Waals surface area contributed by atoms with Crippen molar-refractivity contribution in [3.05, 3.63) is 29.6 Å². The normalized spacial score (nSPS) is 16.3. The van der Waals surface area contributed by atoms with Crippen molar-refractivity contribution >= 4 is 5.69 Å². The molecule has 1 aromatic rings. The van der Waals surface area contributed by atoms with E-state index in [1.54, 1.807) is 6.07 Å². The minimum atomic E-state index is -0.355. The Bertz CT molecular complexity index is 444. The minimum absolute atomic E-state index is 0.355. The summed E-state index contributed by atoms with van der Waals surface area (Å²) < 4.78 is 13.2. The van der Waals surface area contributed by atoms with Gasteiger partial charge in [0.2, 0.25) is 0 Å². The Morgan fingerprint density at radius 3 is 2.76 bits per heavy atom. The zero-order valence-corrected chi connectivity index (χ0v) is 10.1. The molecule has 1 saturated carbocycles. The van der Waals surface area contributed by atoms with Gasteiger partial charge < -0.3 is 5.32 Å². The first-order valence-corrected chi connectivity index (χ1v) is 6.12. The summed E-state index contributed by atoms with van der Waals surface area (Å²) in [6.45, 7) is 3.07. The molecule has 2 rings (SSSR count). The van der Waals surface area contributed by atoms with Gasteiger partial charge in [-0.1, -0.05) is 13.3 Å². The van der Waals surface area contributed by atoms with Crippen LogP contribution in [0, 0.1) is 22.6 Å². The van der Waals surface area contributed by atoms with Gasteiger partial charge in [-0.2, -0.15) is 5.26 Å². The molecule has 0 atom stereocenters. The molecule has 0 bridgehead atoms. The summed E-state index contributed by atoms with van der Waals surface area (Å²) in [6, 6.07) is 6.37. The molecule has 3 heteroatoms. The molecular formula is C14H17FN2. The summed E-state index contributed by atoms with van der Waals surface area (Å²) in [5.74, 6) is -0.355. The van der Waals surface area contributed by atoms with Crippen LogP contribution >= 0.6 is 0 Å². The smallest absolute Gasteiger partial charge is 0.126 e. The highest BCUT2D eigenvalue weighted by atomic mass is 19.1. The fourth-order valence-electron chi connectivity index (χ4n) is 2.27. The van der Waals surface area contributed by atoms with Crippen molar-refractivity contribution in [2.75, 3.05) is 11.9 Å². The number of nitriles is 1. The van der Waals surface area contributed by atoms with Crippen molar-refractivity contribution in [2.24, 2.45) is 5.41 Å². The molecule has 1 aromatic carbocycles. The van der Waals surface area contributed by atoms with Crippen LogP contribution in [0.25, 0.3) is 0 Å². The molecule has 0 amide bonds. The van der Waals surface area contributed by atoms with Crippen LogP contribution in [-0.4, -0.2) is 6.54 Å². The quantitative estimate of drug-likeness (QED) is 0.840. The van der Waals surface area contributed by atoms with Crippen molar-refractivity contribution in [3.8, 4) is 6.07 Å². The lowest BCUT2D eigenvalue weighted by atomic mass is 10.0. The molecule has 0 aliphatic heterocycles. The SMILES string of the molecule is CCCC1(CNc2cc(F)cc(C#N)c2)CC1. The molecule has 0 saturated heterocycles. The summed E-state index contributed by atoms with van der Waals surface area (Å²) in [7, 11) is 0. The van der Waals surface area contributed by atoms with Crippen molar-refractivity contribution in [1.29, 1.82) is 5.26 Å². The average Bonchev–Trinajstić information content (AvgIpc) is 3.07. The Kier molecular flexibility index (Phi) is 3.33. The van der Waals surface area contributed by atoms with E-state index >= 15 is 0 Å². The first-order valence-electron chi connectivity index (χ1n) is 6.12. The molecule has 0 unspecified atom stereocenters. The summed E-state index contributed by atoms with van der Waals surface area (Å²) in [4.78, 5) is 0. The van der Waals surface area contributed by atoms with Gasteiger partial charge in [-0.25, -0.2) is 4.39 Å². The van der Waals surface area contributed by atoms with E-state index < -0.39 is 0 Å². The van der Waals surface area contributed by atoms with Crippen LogP contribution in [0.2, 0.25) is 0 Å². The van der Waals surface area contributed by atoms with Crippen molar-refractivity contribution < 1.29 is 4.39 Å². The second-order valence-corrected chi connectivity index (χ2v) is 4.94. The van der Waals surface area contributed by atoms with E-state index in [-0.39, 0.29) is 5.82 Å². The van der Waals surface area contributed by atoms with Gasteiger partial charge in [0, 0.05) is 12.2 Å². The Balaban J connectivity index is 2.00. The number of halogens is 1. The van der Waals surface area contributed by atoms with Gasteiger partial charge in [-0.15, -0.1) is 0 Å². The molecule has 1 aliphatic rings. The molecule has 90 valence electrons. The summed E-state index contributed by atoms with van der Waals surface area (Å²) in [5, 5.41) is 12.0. The fraction of sp³-hybridized carbons (Fsp3) is 0.500. The monoisotopic (exact) mass is 232 g/mol. The standard InChI is InChI=1S/C14H17FN2/c1-2-3-14(4-5-14)10-17-13-7-11(9-16)6-12(15)8-13/h6-8,17H,2-5,10H2,1H3. The van der Waals surface area contributed by atoms with Crippen LogP contribution in [0.15, 0.2) is 18.2 Å². The maximum atomic E-state index is 13.2. The van der Waals surface area contributed by atoms with Crippen molar-refractivity contribution in [2.45, 2.75) is 32.6 Å². The predicted molar refractivity (Wildman–Crippen MR) is 66.2 cm³/mol. The number of nitrogens with one attached hydrogen (secondary N) is 1. The number of rotatable bonds is 5.